The van der Waals surface area contributed by atoms with E-state index < -0.39 is 10.0 Å². The lowest BCUT2D eigenvalue weighted by atomic mass is 9.86. The third kappa shape index (κ3) is 5.24. The Morgan fingerprint density at radius 2 is 1.83 bits per heavy atom. The largest absolute Gasteiger partial charge is 0.377 e. The van der Waals surface area contributed by atoms with E-state index in [4.69, 9.17) is 4.74 Å². The van der Waals surface area contributed by atoms with Gasteiger partial charge in [0.15, 0.2) is 0 Å². The molecule has 0 aliphatic carbocycles. The van der Waals surface area contributed by atoms with Crippen LogP contribution in [-0.4, -0.2) is 33.4 Å². The molecule has 1 aliphatic rings. The Hall–Kier alpha value is -0.130. The number of rotatable bonds is 7. The van der Waals surface area contributed by atoms with Crippen LogP contribution in [0.15, 0.2) is 0 Å². The first kappa shape index (κ1) is 15.9. The molecule has 1 N–H and O–H groups in total. The number of hydrogen-bond acceptors (Lipinski definition) is 3. The molecule has 108 valence electrons. The molecule has 0 aromatic rings. The SMILES string of the molecule is CC(C)C(CNS(=O)(=O)CC1CCCO1)C(C)C. The minimum atomic E-state index is -3.20. The predicted octanol–water partition coefficient (Wildman–Crippen LogP) is 2.01. The first-order valence-corrected chi connectivity index (χ1v) is 8.56. The number of hydrogen-bond donors (Lipinski definition) is 1. The summed E-state index contributed by atoms with van der Waals surface area (Å²) in [7, 11) is -3.20. The lowest BCUT2D eigenvalue weighted by Crippen LogP contribution is -2.37. The van der Waals surface area contributed by atoms with Crippen LogP contribution in [0.25, 0.3) is 0 Å². The smallest absolute Gasteiger partial charge is 0.214 e. The first-order chi connectivity index (χ1) is 8.32. The zero-order chi connectivity index (χ0) is 13.8. The fourth-order valence-electron chi connectivity index (χ4n) is 2.54. The van der Waals surface area contributed by atoms with Gasteiger partial charge in [-0.15, -0.1) is 0 Å². The summed E-state index contributed by atoms with van der Waals surface area (Å²) >= 11 is 0. The summed E-state index contributed by atoms with van der Waals surface area (Å²) < 4.78 is 32.0. The summed E-state index contributed by atoms with van der Waals surface area (Å²) in [5.41, 5.74) is 0. The van der Waals surface area contributed by atoms with E-state index in [0.29, 0.717) is 30.9 Å². The molecule has 0 bridgehead atoms. The van der Waals surface area contributed by atoms with E-state index in [2.05, 4.69) is 32.4 Å². The Bertz CT molecular complexity index is 324. The van der Waals surface area contributed by atoms with E-state index in [1.807, 2.05) is 0 Å². The van der Waals surface area contributed by atoms with Crippen LogP contribution < -0.4 is 4.72 Å². The molecule has 5 heteroatoms. The van der Waals surface area contributed by atoms with Crippen molar-refractivity contribution >= 4 is 10.0 Å². The van der Waals surface area contributed by atoms with Gasteiger partial charge in [0.2, 0.25) is 10.0 Å². The minimum absolute atomic E-state index is 0.107. The highest BCUT2D eigenvalue weighted by molar-refractivity contribution is 7.89. The Morgan fingerprint density at radius 1 is 1.22 bits per heavy atom. The number of ether oxygens (including phenoxy) is 1. The van der Waals surface area contributed by atoms with Gasteiger partial charge in [-0.2, -0.15) is 0 Å². The molecular weight excluding hydrogens is 250 g/mol. The second kappa shape index (κ2) is 6.87. The lowest BCUT2D eigenvalue weighted by molar-refractivity contribution is 0.127. The van der Waals surface area contributed by atoms with Crippen LogP contribution >= 0.6 is 0 Å². The van der Waals surface area contributed by atoms with Crippen LogP contribution in [-0.2, 0) is 14.8 Å². The molecule has 0 spiro atoms. The molecule has 0 aromatic carbocycles. The van der Waals surface area contributed by atoms with Gasteiger partial charge >= 0.3 is 0 Å². The summed E-state index contributed by atoms with van der Waals surface area (Å²) in [5, 5.41) is 0. The van der Waals surface area contributed by atoms with Gasteiger partial charge in [-0.1, -0.05) is 27.7 Å². The average molecular weight is 277 g/mol. The molecule has 0 amide bonds. The highest BCUT2D eigenvalue weighted by Gasteiger charge is 2.25. The van der Waals surface area contributed by atoms with Crippen molar-refractivity contribution in [3.63, 3.8) is 0 Å². The van der Waals surface area contributed by atoms with Crippen LogP contribution in [0.4, 0.5) is 0 Å². The quantitative estimate of drug-likeness (QED) is 0.774. The molecule has 1 fully saturated rings. The maximum atomic E-state index is 11.9. The van der Waals surface area contributed by atoms with Crippen molar-refractivity contribution in [1.29, 1.82) is 0 Å². The summed E-state index contributed by atoms with van der Waals surface area (Å²) in [5.74, 6) is 1.45. The fraction of sp³-hybridized carbons (Fsp3) is 1.00. The van der Waals surface area contributed by atoms with E-state index in [9.17, 15) is 8.42 Å². The maximum absolute atomic E-state index is 11.9. The van der Waals surface area contributed by atoms with Gasteiger partial charge in [0, 0.05) is 13.2 Å². The predicted molar refractivity (Wildman–Crippen MR) is 73.9 cm³/mol. The zero-order valence-corrected chi connectivity index (χ0v) is 12.8. The van der Waals surface area contributed by atoms with Crippen LogP contribution in [0.5, 0.6) is 0 Å². The van der Waals surface area contributed by atoms with Gasteiger partial charge in [-0.25, -0.2) is 13.1 Å². The second-order valence-electron chi connectivity index (χ2n) is 5.92. The summed E-state index contributed by atoms with van der Waals surface area (Å²) in [6, 6.07) is 0. The van der Waals surface area contributed by atoms with Crippen molar-refractivity contribution < 1.29 is 13.2 Å². The van der Waals surface area contributed by atoms with E-state index in [1.54, 1.807) is 0 Å². The monoisotopic (exact) mass is 277 g/mol. The van der Waals surface area contributed by atoms with Crippen molar-refractivity contribution in [3.05, 3.63) is 0 Å². The van der Waals surface area contributed by atoms with Crippen molar-refractivity contribution in [2.24, 2.45) is 17.8 Å². The van der Waals surface area contributed by atoms with Gasteiger partial charge in [-0.3, -0.25) is 0 Å². The lowest BCUT2D eigenvalue weighted by Gasteiger charge is -2.25. The number of sulfonamides is 1. The summed E-state index contributed by atoms with van der Waals surface area (Å²) in [6.07, 6.45) is 1.72. The molecule has 0 aromatic heterocycles. The topological polar surface area (TPSA) is 55.4 Å². The van der Waals surface area contributed by atoms with Gasteiger partial charge in [0.1, 0.15) is 0 Å². The molecule has 1 rings (SSSR count). The van der Waals surface area contributed by atoms with E-state index in [0.717, 1.165) is 12.8 Å². The molecule has 4 nitrogen and oxygen atoms in total. The third-order valence-electron chi connectivity index (χ3n) is 3.68. The molecule has 0 radical (unpaired) electrons. The Kier molecular flexibility index (Phi) is 6.08. The van der Waals surface area contributed by atoms with Crippen LogP contribution in [0.2, 0.25) is 0 Å². The second-order valence-corrected chi connectivity index (χ2v) is 7.77. The van der Waals surface area contributed by atoms with Crippen molar-refractivity contribution in [1.82, 2.24) is 4.72 Å². The summed E-state index contributed by atoms with van der Waals surface area (Å²) in [4.78, 5) is 0. The maximum Gasteiger partial charge on any atom is 0.214 e. The van der Waals surface area contributed by atoms with Crippen LogP contribution in [0, 0.1) is 17.8 Å². The molecule has 1 atom stereocenters. The molecular formula is C13H27NO3S. The van der Waals surface area contributed by atoms with E-state index in [-0.39, 0.29) is 11.9 Å². The van der Waals surface area contributed by atoms with E-state index >= 15 is 0 Å². The average Bonchev–Trinajstić information content (AvgIpc) is 2.68. The van der Waals surface area contributed by atoms with Gasteiger partial charge in [0.05, 0.1) is 11.9 Å². The Balaban J connectivity index is 2.44. The third-order valence-corrected chi connectivity index (χ3v) is 5.10. The van der Waals surface area contributed by atoms with Gasteiger partial charge < -0.3 is 4.74 Å². The summed E-state index contributed by atoms with van der Waals surface area (Å²) in [6.45, 7) is 9.78. The molecule has 18 heavy (non-hydrogen) atoms. The van der Waals surface area contributed by atoms with E-state index in [1.165, 1.54) is 0 Å². The molecule has 1 heterocycles. The molecule has 1 unspecified atom stereocenters. The van der Waals surface area contributed by atoms with Crippen molar-refractivity contribution in [2.75, 3.05) is 18.9 Å². The zero-order valence-electron chi connectivity index (χ0n) is 12.0. The fourth-order valence-corrected chi connectivity index (χ4v) is 3.86. The standard InChI is InChI=1S/C13H27NO3S/c1-10(2)13(11(3)4)8-14-18(15,16)9-12-6-5-7-17-12/h10-14H,5-9H2,1-4H3. The minimum Gasteiger partial charge on any atom is -0.377 e. The van der Waals surface area contributed by atoms with Gasteiger partial charge in [0.25, 0.3) is 0 Å². The molecule has 0 saturated carbocycles. The van der Waals surface area contributed by atoms with Crippen LogP contribution in [0.3, 0.4) is 0 Å². The molecule has 1 saturated heterocycles. The molecule has 1 aliphatic heterocycles. The highest BCUT2D eigenvalue weighted by Crippen LogP contribution is 2.20. The van der Waals surface area contributed by atoms with Crippen LogP contribution in [0.1, 0.15) is 40.5 Å². The Labute approximate surface area is 112 Å². The van der Waals surface area contributed by atoms with Gasteiger partial charge in [-0.05, 0) is 30.6 Å². The van der Waals surface area contributed by atoms with Crippen molar-refractivity contribution in [2.45, 2.75) is 46.6 Å². The Morgan fingerprint density at radius 3 is 2.28 bits per heavy atom. The van der Waals surface area contributed by atoms with Crippen molar-refractivity contribution in [3.8, 4) is 0 Å². The highest BCUT2D eigenvalue weighted by atomic mass is 32.2. The normalized spacial score (nSPS) is 21.4. The number of nitrogens with one attached hydrogen (secondary N) is 1. The first-order valence-electron chi connectivity index (χ1n) is 6.90.